The Hall–Kier alpha value is -2.70. The van der Waals surface area contributed by atoms with Crippen molar-refractivity contribution < 1.29 is 15.1 Å². The van der Waals surface area contributed by atoms with Gasteiger partial charge in [-0.05, 0) is 71.6 Å². The van der Waals surface area contributed by atoms with Crippen LogP contribution in [0, 0.1) is 0 Å². The number of hydrogen-bond acceptors (Lipinski definition) is 2. The maximum Gasteiger partial charge on any atom is 0.0224 e. The second-order valence-corrected chi connectivity index (χ2v) is 19.6. The molecule has 262 valence electrons. The predicted molar refractivity (Wildman–Crippen MR) is 222 cm³/mol. The van der Waals surface area contributed by atoms with Crippen molar-refractivity contribution in [3.8, 4) is 0 Å². The van der Waals surface area contributed by atoms with E-state index in [1.165, 1.54) is 68.6 Å². The van der Waals surface area contributed by atoms with Gasteiger partial charge in [-0.25, -0.2) is 0 Å². The summed E-state index contributed by atoms with van der Waals surface area (Å²) in [4.78, 5) is 0. The van der Waals surface area contributed by atoms with Crippen LogP contribution in [-0.4, -0.2) is 12.1 Å². The van der Waals surface area contributed by atoms with E-state index in [0.29, 0.717) is 12.1 Å². The van der Waals surface area contributed by atoms with Gasteiger partial charge in [0.05, 0.1) is 0 Å². The van der Waals surface area contributed by atoms with Gasteiger partial charge in [0, 0.05) is 25.2 Å². The molecule has 2 N–H and O–H groups in total. The SMILES string of the molecule is [Cl][Ru][Cl].c1ccc(P(c2ccccc2)c2ccccc2CN[C@@H]2CCCC[C@H]2NCc2ccccc2P(c2ccccc2)c2ccccc2)cc1. The standard InChI is InChI=1S/C44H44N2P2.2ClH.Ru/c1-5-21-37(22-6-1)47(38-23-7-2-8-24-38)43-31-17-13-19-35(43)33-45-41-29-15-16-30-42(41)46-34-36-20-14-18-32-44(36)48(39-25-9-3-10-26-39)40-27-11-4-12-28-40;;;/h1-14,17-28,31-32,41-42,45-46H,15-16,29-30,33-34H2;2*1H;/q;;;+2/p-2/t41-,42-;;;/m1.../s1. The van der Waals surface area contributed by atoms with Gasteiger partial charge in [-0.2, -0.15) is 0 Å². The van der Waals surface area contributed by atoms with E-state index in [1.54, 1.807) is 0 Å². The average Bonchev–Trinajstić information content (AvgIpc) is 3.20. The second kappa shape index (κ2) is 20.5. The first-order chi connectivity index (χ1) is 25.3. The summed E-state index contributed by atoms with van der Waals surface area (Å²) in [7, 11) is 8.42. The average molecular weight is 835 g/mol. The Balaban J connectivity index is 0.00000144. The van der Waals surface area contributed by atoms with Gasteiger partial charge in [0.25, 0.3) is 0 Å². The number of benzene rings is 6. The molecule has 0 heterocycles. The summed E-state index contributed by atoms with van der Waals surface area (Å²) in [6.45, 7) is 1.75. The van der Waals surface area contributed by atoms with Crippen LogP contribution in [0.25, 0.3) is 0 Å². The van der Waals surface area contributed by atoms with Crippen molar-refractivity contribution in [2.45, 2.75) is 50.9 Å². The van der Waals surface area contributed by atoms with E-state index >= 15 is 0 Å². The summed E-state index contributed by atoms with van der Waals surface area (Å²) in [6.07, 6.45) is 4.97. The van der Waals surface area contributed by atoms with Crippen molar-refractivity contribution in [1.29, 1.82) is 0 Å². The van der Waals surface area contributed by atoms with E-state index in [9.17, 15) is 0 Å². The molecule has 0 radical (unpaired) electrons. The van der Waals surface area contributed by atoms with Crippen molar-refractivity contribution in [2.24, 2.45) is 0 Å². The monoisotopic (exact) mass is 834 g/mol. The Morgan fingerprint density at radius 3 is 1.02 bits per heavy atom. The minimum Gasteiger partial charge on any atom is -0.308 e. The van der Waals surface area contributed by atoms with Crippen LogP contribution in [0.3, 0.4) is 0 Å². The number of rotatable bonds is 12. The molecule has 1 saturated carbocycles. The molecule has 51 heavy (non-hydrogen) atoms. The third-order valence-corrected chi connectivity index (χ3v) is 14.5. The van der Waals surface area contributed by atoms with Gasteiger partial charge >= 0.3 is 34.5 Å². The molecule has 1 aliphatic rings. The molecular weight excluding hydrogens is 790 g/mol. The number of nitrogens with one attached hydrogen (secondary N) is 2. The molecule has 2 atom stereocenters. The number of halogens is 2. The fraction of sp³-hybridized carbons (Fsp3) is 0.182. The molecule has 1 fully saturated rings. The largest absolute Gasteiger partial charge is 0.308 e. The van der Waals surface area contributed by atoms with Crippen molar-refractivity contribution in [2.75, 3.05) is 0 Å². The molecule has 0 saturated heterocycles. The van der Waals surface area contributed by atoms with Crippen LogP contribution >= 0.6 is 35.2 Å². The Bertz CT molecular complexity index is 1670. The molecule has 0 bridgehead atoms. The maximum atomic E-state index is 4.85. The molecule has 0 spiro atoms. The minimum absolute atomic E-state index is 0.346. The quantitative estimate of drug-likeness (QED) is 0.0953. The van der Waals surface area contributed by atoms with E-state index in [-0.39, 0.29) is 15.1 Å². The molecule has 0 aromatic heterocycles. The third-order valence-electron chi connectivity index (χ3n) is 9.40. The molecule has 6 aromatic carbocycles. The van der Waals surface area contributed by atoms with Crippen LogP contribution in [0.4, 0.5) is 0 Å². The van der Waals surface area contributed by atoms with Crippen LogP contribution < -0.4 is 42.5 Å². The fourth-order valence-corrected chi connectivity index (χ4v) is 12.0. The molecular formula is C44H44Cl2N2P2Ru. The van der Waals surface area contributed by atoms with Gasteiger partial charge in [-0.15, -0.1) is 0 Å². The summed E-state index contributed by atoms with van der Waals surface area (Å²) in [5.41, 5.74) is 2.81. The smallest absolute Gasteiger partial charge is 0.0224 e. The van der Waals surface area contributed by atoms with E-state index in [2.05, 4.69) is 180 Å². The van der Waals surface area contributed by atoms with E-state index in [1.807, 2.05) is 0 Å². The topological polar surface area (TPSA) is 24.1 Å². The first-order valence-electron chi connectivity index (χ1n) is 17.5. The summed E-state index contributed by atoms with van der Waals surface area (Å²) in [6, 6.07) is 63.3. The Morgan fingerprint density at radius 2 is 0.706 bits per heavy atom. The van der Waals surface area contributed by atoms with Crippen LogP contribution in [0.5, 0.6) is 0 Å². The van der Waals surface area contributed by atoms with Gasteiger partial charge in [0.2, 0.25) is 0 Å². The Kier molecular flexibility index (Phi) is 15.3. The molecule has 1 aliphatic carbocycles. The van der Waals surface area contributed by atoms with Crippen molar-refractivity contribution in [3.05, 3.63) is 181 Å². The van der Waals surface area contributed by atoms with E-state index in [0.717, 1.165) is 13.1 Å². The third kappa shape index (κ3) is 10.5. The first kappa shape index (κ1) is 38.0. The Labute approximate surface area is 322 Å². The van der Waals surface area contributed by atoms with Gasteiger partial charge in [0.15, 0.2) is 0 Å². The maximum absolute atomic E-state index is 4.85. The summed E-state index contributed by atoms with van der Waals surface area (Å²) in [5.74, 6) is 0. The summed E-state index contributed by atoms with van der Waals surface area (Å²) < 4.78 is 0. The van der Waals surface area contributed by atoms with Gasteiger partial charge in [-0.1, -0.05) is 183 Å². The van der Waals surface area contributed by atoms with E-state index < -0.39 is 15.8 Å². The van der Waals surface area contributed by atoms with Crippen molar-refractivity contribution >= 4 is 67.1 Å². The zero-order valence-electron chi connectivity index (χ0n) is 28.6. The van der Waals surface area contributed by atoms with Gasteiger partial charge < -0.3 is 10.6 Å². The minimum atomic E-state index is -0.646. The summed E-state index contributed by atoms with van der Waals surface area (Å²) >= 11 is -0.346. The molecule has 0 unspecified atom stereocenters. The molecule has 0 amide bonds. The summed E-state index contributed by atoms with van der Waals surface area (Å²) in [5, 5.41) is 16.6. The van der Waals surface area contributed by atoms with Gasteiger partial charge in [0.1, 0.15) is 0 Å². The first-order valence-corrected chi connectivity index (χ1v) is 24.7. The fourth-order valence-electron chi connectivity index (χ4n) is 7.02. The Morgan fingerprint density at radius 1 is 0.431 bits per heavy atom. The van der Waals surface area contributed by atoms with Crippen molar-refractivity contribution in [3.63, 3.8) is 0 Å². The van der Waals surface area contributed by atoms with E-state index in [4.69, 9.17) is 19.4 Å². The molecule has 2 nitrogen and oxygen atoms in total. The van der Waals surface area contributed by atoms with Crippen molar-refractivity contribution in [1.82, 2.24) is 10.6 Å². The molecule has 6 aromatic rings. The van der Waals surface area contributed by atoms with Crippen LogP contribution in [0.15, 0.2) is 170 Å². The van der Waals surface area contributed by atoms with Gasteiger partial charge in [-0.3, -0.25) is 0 Å². The normalized spacial score (nSPS) is 15.8. The van der Waals surface area contributed by atoms with Crippen LogP contribution in [0.2, 0.25) is 0 Å². The predicted octanol–water partition coefficient (Wildman–Crippen LogP) is 8.77. The molecule has 0 aliphatic heterocycles. The number of hydrogen-bond donors (Lipinski definition) is 2. The second-order valence-electron chi connectivity index (χ2n) is 12.6. The zero-order chi connectivity index (χ0) is 35.1. The molecule has 7 rings (SSSR count). The van der Waals surface area contributed by atoms with Crippen LogP contribution in [0.1, 0.15) is 36.8 Å². The molecule has 7 heteroatoms. The van der Waals surface area contributed by atoms with Crippen LogP contribution in [-0.2, 0) is 28.2 Å². The zero-order valence-corrected chi connectivity index (χ0v) is 33.6.